The van der Waals surface area contributed by atoms with Crippen LogP contribution in [-0.4, -0.2) is 9.55 Å². The molecule has 1 heterocycles. The Morgan fingerprint density at radius 3 is 1.58 bits per heavy atom. The molecule has 0 bridgehead atoms. The number of benzene rings is 6. The van der Waals surface area contributed by atoms with Gasteiger partial charge in [0, 0.05) is 5.69 Å². The minimum absolute atomic E-state index is 0.988. The molecular formula is C34H24N2. The summed E-state index contributed by atoms with van der Waals surface area (Å²) in [5.74, 6) is 0.988. The second-order valence-electron chi connectivity index (χ2n) is 9.24. The van der Waals surface area contributed by atoms with E-state index in [-0.39, 0.29) is 0 Å². The van der Waals surface area contributed by atoms with Gasteiger partial charge in [-0.3, -0.25) is 4.57 Å². The van der Waals surface area contributed by atoms with E-state index in [2.05, 4.69) is 139 Å². The summed E-state index contributed by atoms with van der Waals surface area (Å²) in [6.07, 6.45) is 0. The summed E-state index contributed by atoms with van der Waals surface area (Å²) in [6, 6.07) is 45.5. The monoisotopic (exact) mass is 460 g/mol. The van der Waals surface area contributed by atoms with E-state index >= 15 is 0 Å². The van der Waals surface area contributed by atoms with E-state index in [4.69, 9.17) is 4.98 Å². The van der Waals surface area contributed by atoms with Crippen molar-refractivity contribution in [3.63, 3.8) is 0 Å². The predicted octanol–water partition coefficient (Wildman–Crippen LogP) is 8.97. The molecule has 0 aliphatic heterocycles. The summed E-state index contributed by atoms with van der Waals surface area (Å²) in [6.45, 7) is 2.08. The van der Waals surface area contributed by atoms with E-state index in [1.165, 1.54) is 43.8 Å². The highest BCUT2D eigenvalue weighted by atomic mass is 15.1. The van der Waals surface area contributed by atoms with E-state index in [0.29, 0.717) is 0 Å². The van der Waals surface area contributed by atoms with Gasteiger partial charge in [-0.05, 0) is 75.0 Å². The lowest BCUT2D eigenvalue weighted by Gasteiger charge is -2.18. The fraction of sp³-hybridized carbons (Fsp3) is 0.0294. The van der Waals surface area contributed by atoms with Gasteiger partial charge in [0.15, 0.2) is 0 Å². The average molecular weight is 461 g/mol. The zero-order chi connectivity index (χ0) is 24.1. The summed E-state index contributed by atoms with van der Waals surface area (Å²) in [5.41, 5.74) is 8.25. The molecule has 0 saturated carbocycles. The molecule has 2 nitrogen and oxygen atoms in total. The lowest BCUT2D eigenvalue weighted by Crippen LogP contribution is -1.96. The van der Waals surface area contributed by atoms with Crippen LogP contribution in [-0.2, 0) is 0 Å². The molecule has 0 N–H and O–H groups in total. The summed E-state index contributed by atoms with van der Waals surface area (Å²) in [7, 11) is 0. The first kappa shape index (κ1) is 20.7. The molecule has 0 spiro atoms. The standard InChI is InChI=1S/C34H24N2/c1-23-35-31-21-20-25(22-32(31)36(23)26-14-6-3-7-15-26)34-29-18-10-8-16-27(29)33(24-12-4-2-5-13-24)28-17-9-11-19-30(28)34/h2-22H,1H3. The Kier molecular flexibility index (Phi) is 4.71. The van der Waals surface area contributed by atoms with Crippen molar-refractivity contribution < 1.29 is 0 Å². The van der Waals surface area contributed by atoms with Gasteiger partial charge in [-0.1, -0.05) is 103 Å². The van der Waals surface area contributed by atoms with Crippen LogP contribution in [0.4, 0.5) is 0 Å². The number of rotatable bonds is 3. The molecule has 36 heavy (non-hydrogen) atoms. The van der Waals surface area contributed by atoms with Crippen molar-refractivity contribution in [3.05, 3.63) is 133 Å². The Morgan fingerprint density at radius 2 is 1.00 bits per heavy atom. The first-order valence-electron chi connectivity index (χ1n) is 12.3. The topological polar surface area (TPSA) is 17.8 Å². The fourth-order valence-corrected chi connectivity index (χ4v) is 5.61. The van der Waals surface area contributed by atoms with Gasteiger partial charge in [0.25, 0.3) is 0 Å². The molecule has 2 heteroatoms. The lowest BCUT2D eigenvalue weighted by atomic mass is 9.86. The first-order valence-corrected chi connectivity index (χ1v) is 12.3. The highest BCUT2D eigenvalue weighted by molar-refractivity contribution is 6.21. The fourth-order valence-electron chi connectivity index (χ4n) is 5.61. The molecule has 0 aliphatic rings. The number of aromatic nitrogens is 2. The molecule has 0 saturated heterocycles. The largest absolute Gasteiger partial charge is 0.297 e. The molecule has 0 fully saturated rings. The number of fused-ring (bicyclic) bond motifs is 3. The Bertz CT molecular complexity index is 1820. The Balaban J connectivity index is 1.58. The quantitative estimate of drug-likeness (QED) is 0.241. The number of para-hydroxylation sites is 1. The van der Waals surface area contributed by atoms with Crippen LogP contribution in [0, 0.1) is 6.92 Å². The Labute approximate surface area is 210 Å². The number of imidazole rings is 1. The summed E-state index contributed by atoms with van der Waals surface area (Å²) in [5, 5.41) is 5.06. The van der Waals surface area contributed by atoms with Crippen LogP contribution < -0.4 is 0 Å². The normalized spacial score (nSPS) is 11.5. The molecular weight excluding hydrogens is 436 g/mol. The van der Waals surface area contributed by atoms with Crippen molar-refractivity contribution in [3.8, 4) is 27.9 Å². The summed E-state index contributed by atoms with van der Waals surface area (Å²) < 4.78 is 2.25. The maximum absolute atomic E-state index is 4.87. The molecule has 1 aromatic heterocycles. The van der Waals surface area contributed by atoms with Gasteiger partial charge >= 0.3 is 0 Å². The van der Waals surface area contributed by atoms with Gasteiger partial charge in [0.05, 0.1) is 11.0 Å². The second-order valence-corrected chi connectivity index (χ2v) is 9.24. The Morgan fingerprint density at radius 1 is 0.500 bits per heavy atom. The van der Waals surface area contributed by atoms with Crippen molar-refractivity contribution in [1.29, 1.82) is 0 Å². The van der Waals surface area contributed by atoms with Crippen LogP contribution in [0.25, 0.3) is 60.5 Å². The van der Waals surface area contributed by atoms with Gasteiger partial charge in [-0.15, -0.1) is 0 Å². The van der Waals surface area contributed by atoms with Crippen LogP contribution in [0.3, 0.4) is 0 Å². The lowest BCUT2D eigenvalue weighted by molar-refractivity contribution is 1.00. The minimum Gasteiger partial charge on any atom is -0.297 e. The van der Waals surface area contributed by atoms with E-state index in [0.717, 1.165) is 22.5 Å². The SMILES string of the molecule is Cc1nc2ccc(-c3c4ccccc4c(-c4ccccc4)c4ccccc34)cc2n1-c1ccccc1. The van der Waals surface area contributed by atoms with E-state index in [9.17, 15) is 0 Å². The zero-order valence-corrected chi connectivity index (χ0v) is 20.0. The van der Waals surface area contributed by atoms with Gasteiger partial charge in [-0.25, -0.2) is 4.98 Å². The average Bonchev–Trinajstić information content (AvgIpc) is 3.27. The maximum atomic E-state index is 4.87. The van der Waals surface area contributed by atoms with Gasteiger partial charge in [0.1, 0.15) is 5.82 Å². The van der Waals surface area contributed by atoms with Crippen LogP contribution in [0.5, 0.6) is 0 Å². The molecule has 170 valence electrons. The summed E-state index contributed by atoms with van der Waals surface area (Å²) >= 11 is 0. The number of hydrogen-bond donors (Lipinski definition) is 0. The predicted molar refractivity (Wildman–Crippen MR) is 152 cm³/mol. The first-order chi connectivity index (χ1) is 17.8. The molecule has 0 radical (unpaired) electrons. The third-order valence-electron chi connectivity index (χ3n) is 7.12. The molecule has 7 rings (SSSR count). The van der Waals surface area contributed by atoms with Crippen molar-refractivity contribution in [2.45, 2.75) is 6.92 Å². The smallest absolute Gasteiger partial charge is 0.111 e. The van der Waals surface area contributed by atoms with Crippen molar-refractivity contribution in [2.75, 3.05) is 0 Å². The molecule has 0 unspecified atom stereocenters. The van der Waals surface area contributed by atoms with Crippen molar-refractivity contribution in [1.82, 2.24) is 9.55 Å². The van der Waals surface area contributed by atoms with Gasteiger partial charge in [0.2, 0.25) is 0 Å². The van der Waals surface area contributed by atoms with Crippen molar-refractivity contribution in [2.24, 2.45) is 0 Å². The van der Waals surface area contributed by atoms with Crippen molar-refractivity contribution >= 4 is 32.6 Å². The van der Waals surface area contributed by atoms with E-state index in [1.807, 2.05) is 0 Å². The number of hydrogen-bond acceptors (Lipinski definition) is 1. The molecule has 0 atom stereocenters. The van der Waals surface area contributed by atoms with E-state index < -0.39 is 0 Å². The Hall–Kier alpha value is -4.69. The molecule has 0 aliphatic carbocycles. The minimum atomic E-state index is 0.988. The van der Waals surface area contributed by atoms with Gasteiger partial charge < -0.3 is 0 Å². The third-order valence-corrected chi connectivity index (χ3v) is 7.12. The highest BCUT2D eigenvalue weighted by Gasteiger charge is 2.17. The number of nitrogens with zero attached hydrogens (tertiary/aromatic N) is 2. The van der Waals surface area contributed by atoms with E-state index in [1.54, 1.807) is 0 Å². The molecule has 6 aromatic carbocycles. The highest BCUT2D eigenvalue weighted by Crippen LogP contribution is 2.44. The molecule has 7 aromatic rings. The number of aryl methyl sites for hydroxylation is 1. The second kappa shape index (κ2) is 8.21. The van der Waals surface area contributed by atoms with Crippen LogP contribution >= 0.6 is 0 Å². The zero-order valence-electron chi connectivity index (χ0n) is 20.0. The van der Waals surface area contributed by atoms with Crippen LogP contribution in [0.15, 0.2) is 127 Å². The van der Waals surface area contributed by atoms with Crippen LogP contribution in [0.2, 0.25) is 0 Å². The third kappa shape index (κ3) is 3.15. The summed E-state index contributed by atoms with van der Waals surface area (Å²) in [4.78, 5) is 4.87. The molecule has 0 amide bonds. The van der Waals surface area contributed by atoms with Gasteiger partial charge in [-0.2, -0.15) is 0 Å². The van der Waals surface area contributed by atoms with Crippen LogP contribution in [0.1, 0.15) is 5.82 Å². The maximum Gasteiger partial charge on any atom is 0.111 e.